The van der Waals surface area contributed by atoms with Gasteiger partial charge in [0.15, 0.2) is 12.4 Å². The fourth-order valence-corrected chi connectivity index (χ4v) is 4.42. The van der Waals surface area contributed by atoms with E-state index in [0.717, 1.165) is 24.1 Å². The van der Waals surface area contributed by atoms with Gasteiger partial charge in [0.05, 0.1) is 18.1 Å². The molecule has 5 heteroatoms. The van der Waals surface area contributed by atoms with Crippen molar-refractivity contribution >= 4 is 17.5 Å². The van der Waals surface area contributed by atoms with Crippen molar-refractivity contribution in [2.75, 3.05) is 6.61 Å². The van der Waals surface area contributed by atoms with Crippen molar-refractivity contribution in [3.63, 3.8) is 0 Å². The largest absolute Gasteiger partial charge is 0.492 e. The first kappa shape index (κ1) is 29.2. The highest BCUT2D eigenvalue weighted by Crippen LogP contribution is 2.26. The number of rotatable bonds is 19. The SMILES string of the molecule is CCCCCCCCCCCCCCOc1ccc(CC(=O)NCc2cc[n+](CC)cc2)cc1Cl. The molecule has 0 spiro atoms. The van der Waals surface area contributed by atoms with Crippen molar-refractivity contribution in [3.05, 3.63) is 58.9 Å². The van der Waals surface area contributed by atoms with Crippen LogP contribution in [0, 0.1) is 0 Å². The van der Waals surface area contributed by atoms with Gasteiger partial charge in [-0.3, -0.25) is 4.79 Å². The van der Waals surface area contributed by atoms with Crippen LogP contribution in [0.25, 0.3) is 0 Å². The first-order valence-electron chi connectivity index (χ1n) is 13.8. The number of nitrogens with one attached hydrogen (secondary N) is 1. The van der Waals surface area contributed by atoms with Gasteiger partial charge < -0.3 is 10.1 Å². The Morgan fingerprint density at radius 3 is 2.00 bits per heavy atom. The van der Waals surface area contributed by atoms with Crippen LogP contribution in [0.2, 0.25) is 5.02 Å². The third kappa shape index (κ3) is 13.0. The van der Waals surface area contributed by atoms with Gasteiger partial charge in [-0.25, -0.2) is 4.57 Å². The topological polar surface area (TPSA) is 42.2 Å². The lowest BCUT2D eigenvalue weighted by Crippen LogP contribution is -2.31. The summed E-state index contributed by atoms with van der Waals surface area (Å²) in [6.07, 6.45) is 20.3. The zero-order chi connectivity index (χ0) is 25.1. The Labute approximate surface area is 218 Å². The fourth-order valence-electron chi connectivity index (χ4n) is 4.16. The van der Waals surface area contributed by atoms with Crippen LogP contribution < -0.4 is 14.6 Å². The normalized spacial score (nSPS) is 10.9. The number of aromatic nitrogens is 1. The minimum absolute atomic E-state index is 0.0153. The van der Waals surface area contributed by atoms with Crippen LogP contribution in [0.15, 0.2) is 42.7 Å². The summed E-state index contributed by atoms with van der Waals surface area (Å²) in [5, 5.41) is 3.55. The highest BCUT2D eigenvalue weighted by atomic mass is 35.5. The van der Waals surface area contributed by atoms with Crippen molar-refractivity contribution in [3.8, 4) is 5.75 Å². The van der Waals surface area contributed by atoms with Crippen molar-refractivity contribution in [2.45, 2.75) is 110 Å². The maximum absolute atomic E-state index is 12.3. The molecule has 0 aliphatic carbocycles. The number of hydrogen-bond acceptors (Lipinski definition) is 2. The van der Waals surface area contributed by atoms with Crippen molar-refractivity contribution in [1.82, 2.24) is 5.32 Å². The first-order valence-corrected chi connectivity index (χ1v) is 14.2. The van der Waals surface area contributed by atoms with Crippen molar-refractivity contribution < 1.29 is 14.1 Å². The lowest BCUT2D eigenvalue weighted by molar-refractivity contribution is -0.693. The molecule has 0 saturated heterocycles. The third-order valence-electron chi connectivity index (χ3n) is 6.43. The molecule has 1 heterocycles. The Morgan fingerprint density at radius 2 is 1.43 bits per heavy atom. The lowest BCUT2D eigenvalue weighted by atomic mass is 10.1. The summed E-state index contributed by atoms with van der Waals surface area (Å²) in [6.45, 7) is 6.52. The predicted molar refractivity (Wildman–Crippen MR) is 146 cm³/mol. The molecule has 0 atom stereocenters. The van der Waals surface area contributed by atoms with Crippen LogP contribution in [0.5, 0.6) is 5.75 Å². The Kier molecular flexibility index (Phi) is 15.2. The highest BCUT2D eigenvalue weighted by molar-refractivity contribution is 6.32. The number of hydrogen-bond donors (Lipinski definition) is 1. The van der Waals surface area contributed by atoms with E-state index in [4.69, 9.17) is 16.3 Å². The third-order valence-corrected chi connectivity index (χ3v) is 6.73. The maximum Gasteiger partial charge on any atom is 0.224 e. The minimum Gasteiger partial charge on any atom is -0.492 e. The Balaban J connectivity index is 1.54. The van der Waals surface area contributed by atoms with Gasteiger partial charge in [0.2, 0.25) is 5.91 Å². The molecule has 1 amide bonds. The molecule has 0 aliphatic heterocycles. The van der Waals surface area contributed by atoms with Gasteiger partial charge in [-0.05, 0) is 36.6 Å². The molecular formula is C30H46ClN2O2+. The molecule has 35 heavy (non-hydrogen) atoms. The molecule has 0 aliphatic rings. The number of ether oxygens (including phenoxy) is 1. The molecule has 0 unspecified atom stereocenters. The van der Waals surface area contributed by atoms with Crippen LogP contribution in [0.1, 0.15) is 102 Å². The number of halogens is 1. The van der Waals surface area contributed by atoms with Gasteiger partial charge in [-0.2, -0.15) is 0 Å². The molecular weight excluding hydrogens is 456 g/mol. The second-order valence-corrected chi connectivity index (χ2v) is 9.90. The smallest absolute Gasteiger partial charge is 0.224 e. The highest BCUT2D eigenvalue weighted by Gasteiger charge is 2.08. The molecule has 2 aromatic rings. The molecule has 194 valence electrons. The van der Waals surface area contributed by atoms with Gasteiger partial charge in [0.1, 0.15) is 12.3 Å². The first-order chi connectivity index (χ1) is 17.1. The molecule has 1 aromatic heterocycles. The number of unbranched alkanes of at least 4 members (excludes halogenated alkanes) is 11. The Hall–Kier alpha value is -2.07. The summed E-state index contributed by atoms with van der Waals surface area (Å²) >= 11 is 6.41. The van der Waals surface area contributed by atoms with Crippen molar-refractivity contribution in [2.24, 2.45) is 0 Å². The number of nitrogens with zero attached hydrogens (tertiary/aromatic N) is 1. The average Bonchev–Trinajstić information content (AvgIpc) is 2.87. The molecule has 1 aromatic carbocycles. The summed E-state index contributed by atoms with van der Waals surface area (Å²) in [7, 11) is 0. The predicted octanol–water partition coefficient (Wildman–Crippen LogP) is 7.59. The number of carbonyl (C=O) groups excluding carboxylic acids is 1. The van der Waals surface area contributed by atoms with Crippen LogP contribution >= 0.6 is 11.6 Å². The number of pyridine rings is 1. The lowest BCUT2D eigenvalue weighted by Gasteiger charge is -2.10. The van der Waals surface area contributed by atoms with Crippen LogP contribution in [-0.2, 0) is 24.3 Å². The second-order valence-electron chi connectivity index (χ2n) is 9.49. The molecule has 4 nitrogen and oxygen atoms in total. The molecule has 0 saturated carbocycles. The summed E-state index contributed by atoms with van der Waals surface area (Å²) in [5.41, 5.74) is 1.98. The zero-order valence-electron chi connectivity index (χ0n) is 22.0. The van der Waals surface area contributed by atoms with Crippen LogP contribution in [0.4, 0.5) is 0 Å². The average molecular weight is 502 g/mol. The maximum atomic E-state index is 12.3. The molecule has 0 bridgehead atoms. The number of benzene rings is 1. The zero-order valence-corrected chi connectivity index (χ0v) is 22.8. The van der Waals surface area contributed by atoms with E-state index in [2.05, 4.69) is 23.7 Å². The van der Waals surface area contributed by atoms with Crippen LogP contribution in [0.3, 0.4) is 0 Å². The Morgan fingerprint density at radius 1 is 0.829 bits per heavy atom. The van der Waals surface area contributed by atoms with Crippen LogP contribution in [-0.4, -0.2) is 12.5 Å². The second kappa shape index (κ2) is 18.2. The minimum atomic E-state index is -0.0153. The van der Waals surface area contributed by atoms with Gasteiger partial charge >= 0.3 is 0 Å². The van der Waals surface area contributed by atoms with E-state index < -0.39 is 0 Å². The monoisotopic (exact) mass is 501 g/mol. The number of carbonyl (C=O) groups is 1. The van der Waals surface area contributed by atoms with Gasteiger partial charge in [-0.1, -0.05) is 95.2 Å². The quantitative estimate of drug-likeness (QED) is 0.159. The Bertz CT molecular complexity index is 839. The van der Waals surface area contributed by atoms with E-state index >= 15 is 0 Å². The number of aryl methyl sites for hydroxylation is 1. The van der Waals surface area contributed by atoms with Gasteiger partial charge in [-0.15, -0.1) is 0 Å². The summed E-state index contributed by atoms with van der Waals surface area (Å²) in [4.78, 5) is 12.3. The molecule has 1 N–H and O–H groups in total. The summed E-state index contributed by atoms with van der Waals surface area (Å²) < 4.78 is 7.97. The van der Waals surface area contributed by atoms with E-state index in [1.54, 1.807) is 0 Å². The van der Waals surface area contributed by atoms with E-state index in [1.807, 2.05) is 42.7 Å². The van der Waals surface area contributed by atoms with Crippen molar-refractivity contribution in [1.29, 1.82) is 0 Å². The molecule has 0 radical (unpaired) electrons. The van der Waals surface area contributed by atoms with E-state index in [1.165, 1.54) is 70.6 Å². The summed E-state index contributed by atoms with van der Waals surface area (Å²) in [6, 6.07) is 9.71. The standard InChI is InChI=1S/C30H45ClN2O2/c1-3-5-6-7-8-9-10-11-12-13-14-15-22-35-29-17-16-27(23-28(29)31)24-30(34)32-25-26-18-20-33(4-2)21-19-26/h16-21,23H,3-15,22,24-25H2,1-2H3/p+1. The van der Waals surface area contributed by atoms with Gasteiger partial charge in [0.25, 0.3) is 0 Å². The van der Waals surface area contributed by atoms with Gasteiger partial charge in [0, 0.05) is 18.7 Å². The molecule has 0 fully saturated rings. The number of amides is 1. The van der Waals surface area contributed by atoms with E-state index in [0.29, 0.717) is 30.3 Å². The van der Waals surface area contributed by atoms with E-state index in [9.17, 15) is 4.79 Å². The molecule has 2 rings (SSSR count). The summed E-state index contributed by atoms with van der Waals surface area (Å²) in [5.74, 6) is 0.686. The fraction of sp³-hybridized carbons (Fsp3) is 0.600. The van der Waals surface area contributed by atoms with E-state index in [-0.39, 0.29) is 5.91 Å².